The van der Waals surface area contributed by atoms with E-state index in [0.717, 1.165) is 16.7 Å². The second-order valence-corrected chi connectivity index (χ2v) is 18.6. The molecule has 2 N–H and O–H groups in total. The fourth-order valence-electron chi connectivity index (χ4n) is 5.61. The molecule has 0 unspecified atom stereocenters. The number of esters is 2. The lowest BCUT2D eigenvalue weighted by Crippen LogP contribution is -2.40. The lowest BCUT2D eigenvalue weighted by molar-refractivity contribution is -0.159. The molecule has 0 aliphatic heterocycles. The number of benzene rings is 3. The smallest absolute Gasteiger partial charge is 0.437 e. The molecular formula is C45H59ClN4O9. The van der Waals surface area contributed by atoms with Crippen molar-refractivity contribution in [3.8, 4) is 5.75 Å². The molecule has 0 aliphatic rings. The second kappa shape index (κ2) is 19.5. The van der Waals surface area contributed by atoms with E-state index in [1.165, 1.54) is 35.2 Å². The molecule has 0 bridgehead atoms. The molecule has 0 fully saturated rings. The van der Waals surface area contributed by atoms with Crippen LogP contribution in [-0.2, 0) is 42.2 Å². The van der Waals surface area contributed by atoms with Crippen molar-refractivity contribution < 1.29 is 42.9 Å². The van der Waals surface area contributed by atoms with Crippen LogP contribution < -0.4 is 15.4 Å². The van der Waals surface area contributed by atoms with E-state index in [1.54, 1.807) is 74.4 Å². The number of guanidine groups is 1. The third kappa shape index (κ3) is 17.1. The third-order valence-corrected chi connectivity index (χ3v) is 8.37. The largest absolute Gasteiger partial charge is 0.459 e. The minimum absolute atomic E-state index is 0.0670. The summed E-state index contributed by atoms with van der Waals surface area (Å²) < 4.78 is 21.7. The molecule has 0 atom stereocenters. The number of amides is 3. The molecule has 0 heterocycles. The molecule has 0 aromatic heterocycles. The van der Waals surface area contributed by atoms with Crippen molar-refractivity contribution in [2.24, 2.45) is 4.99 Å². The summed E-state index contributed by atoms with van der Waals surface area (Å²) in [7, 11) is 0. The fraction of sp³-hybridized carbons (Fsp3) is 0.467. The molecular weight excluding hydrogens is 776 g/mol. The number of hydrogen-bond donors (Lipinski definition) is 2. The van der Waals surface area contributed by atoms with Crippen LogP contribution in [-0.4, -0.2) is 64.2 Å². The maximum absolute atomic E-state index is 13.7. The van der Waals surface area contributed by atoms with Crippen molar-refractivity contribution >= 4 is 53.3 Å². The molecule has 0 spiro atoms. The van der Waals surface area contributed by atoms with Gasteiger partial charge in [-0.3, -0.25) is 14.9 Å². The van der Waals surface area contributed by atoms with Gasteiger partial charge in [0, 0.05) is 23.7 Å². The van der Waals surface area contributed by atoms with Crippen molar-refractivity contribution in [3.05, 3.63) is 93.5 Å². The van der Waals surface area contributed by atoms with Crippen LogP contribution in [0.25, 0.3) is 0 Å². The van der Waals surface area contributed by atoms with Crippen LogP contribution in [0.3, 0.4) is 0 Å². The Labute approximate surface area is 353 Å². The zero-order valence-corrected chi connectivity index (χ0v) is 37.3. The summed E-state index contributed by atoms with van der Waals surface area (Å²) in [6.45, 7) is 23.9. The number of nitrogens with zero attached hydrogens (tertiary/aromatic N) is 2. The molecule has 0 saturated heterocycles. The second-order valence-electron chi connectivity index (χ2n) is 18.1. The quantitative estimate of drug-likeness (QED) is 0.0661. The molecule has 0 radical (unpaired) electrons. The van der Waals surface area contributed by atoms with Gasteiger partial charge in [-0.15, -0.1) is 4.99 Å². The number of ether oxygens (including phenoxy) is 4. The Morgan fingerprint density at radius 2 is 1.36 bits per heavy atom. The Hall–Kier alpha value is -5.43. The summed E-state index contributed by atoms with van der Waals surface area (Å²) in [5.41, 5.74) is 1.99. The van der Waals surface area contributed by atoms with E-state index in [2.05, 4.69) is 49.4 Å². The van der Waals surface area contributed by atoms with E-state index in [0.29, 0.717) is 16.3 Å². The zero-order chi connectivity index (χ0) is 44.5. The number of hydrogen-bond acceptors (Lipinski definition) is 9. The maximum Gasteiger partial charge on any atom is 0.437 e. The zero-order valence-electron chi connectivity index (χ0n) is 36.5. The van der Waals surface area contributed by atoms with Gasteiger partial charge in [0.1, 0.15) is 29.1 Å². The van der Waals surface area contributed by atoms with Gasteiger partial charge in [0.2, 0.25) is 11.9 Å². The third-order valence-electron chi connectivity index (χ3n) is 8.02. The molecule has 0 aliphatic carbocycles. The van der Waals surface area contributed by atoms with E-state index >= 15 is 0 Å². The highest BCUT2D eigenvalue weighted by Gasteiger charge is 2.25. The first kappa shape index (κ1) is 47.9. The average molecular weight is 835 g/mol. The van der Waals surface area contributed by atoms with Crippen LogP contribution >= 0.6 is 11.6 Å². The Morgan fingerprint density at radius 3 is 1.92 bits per heavy atom. The number of alkyl carbamates (subject to hydrolysis) is 1. The van der Waals surface area contributed by atoms with Crippen LogP contribution in [0.2, 0.25) is 5.02 Å². The minimum atomic E-state index is -0.944. The van der Waals surface area contributed by atoms with Crippen molar-refractivity contribution in [1.82, 2.24) is 10.2 Å². The van der Waals surface area contributed by atoms with Crippen LogP contribution in [0.1, 0.15) is 122 Å². The predicted molar refractivity (Wildman–Crippen MR) is 229 cm³/mol. The first-order chi connectivity index (χ1) is 27.1. The number of anilines is 1. The number of aryl methyl sites for hydroxylation is 2. The standard InChI is InChI=1S/C45H59ClN4O9/c1-28-14-15-29(24-34(28)42(2,3)4)26-50(27-37(52)57-43(5,6)7)36(51)23-19-30-18-22-33(25-35(30)46)56-38(53)31-16-20-32(21-17-31)47-39(48-40(54)58-44(8,9)10)49-41(55)59-45(11,12)13/h14-18,20-22,24-25H,19,23,26-27H2,1-13H3,(H2,47,48,49,54,55). The van der Waals surface area contributed by atoms with E-state index in [-0.39, 0.29) is 54.5 Å². The summed E-state index contributed by atoms with van der Waals surface area (Å²) in [6, 6.07) is 16.9. The van der Waals surface area contributed by atoms with Gasteiger partial charge in [-0.05, 0) is 140 Å². The lowest BCUT2D eigenvalue weighted by atomic mass is 9.83. The van der Waals surface area contributed by atoms with Crippen LogP contribution in [0.5, 0.6) is 5.75 Å². The highest BCUT2D eigenvalue weighted by Crippen LogP contribution is 2.28. The topological polar surface area (TPSA) is 162 Å². The molecule has 3 rings (SSSR count). The predicted octanol–water partition coefficient (Wildman–Crippen LogP) is 9.70. The summed E-state index contributed by atoms with van der Waals surface area (Å²) in [5, 5.41) is 5.53. The Balaban J connectivity index is 1.70. The van der Waals surface area contributed by atoms with Gasteiger partial charge in [0.15, 0.2) is 0 Å². The van der Waals surface area contributed by atoms with Crippen molar-refractivity contribution in [2.75, 3.05) is 11.9 Å². The summed E-state index contributed by atoms with van der Waals surface area (Å²) in [5.74, 6) is -1.49. The van der Waals surface area contributed by atoms with E-state index in [1.807, 2.05) is 12.1 Å². The number of halogens is 1. The number of carbonyl (C=O) groups excluding carboxylic acids is 5. The van der Waals surface area contributed by atoms with Crippen LogP contribution in [0, 0.1) is 6.92 Å². The number of carbonyl (C=O) groups is 5. The van der Waals surface area contributed by atoms with E-state index in [9.17, 15) is 24.0 Å². The lowest BCUT2D eigenvalue weighted by Gasteiger charge is -2.27. The van der Waals surface area contributed by atoms with E-state index < -0.39 is 40.9 Å². The summed E-state index contributed by atoms with van der Waals surface area (Å²) >= 11 is 6.61. The molecule has 3 amide bonds. The Bertz CT molecular complexity index is 2030. The first-order valence-corrected chi connectivity index (χ1v) is 19.7. The monoisotopic (exact) mass is 834 g/mol. The molecule has 13 nitrogen and oxygen atoms in total. The molecule has 14 heteroatoms. The average Bonchev–Trinajstić information content (AvgIpc) is 3.05. The van der Waals surface area contributed by atoms with Crippen molar-refractivity contribution in [3.63, 3.8) is 0 Å². The van der Waals surface area contributed by atoms with Crippen molar-refractivity contribution in [2.45, 2.75) is 132 Å². The molecule has 320 valence electrons. The van der Waals surface area contributed by atoms with E-state index in [4.69, 9.17) is 30.5 Å². The maximum atomic E-state index is 13.7. The number of nitrogens with one attached hydrogen (secondary N) is 2. The molecule has 0 saturated carbocycles. The minimum Gasteiger partial charge on any atom is -0.459 e. The number of rotatable bonds is 10. The van der Waals surface area contributed by atoms with Crippen molar-refractivity contribution in [1.29, 1.82) is 0 Å². The van der Waals surface area contributed by atoms with Gasteiger partial charge in [-0.1, -0.05) is 56.6 Å². The van der Waals surface area contributed by atoms with Crippen LogP contribution in [0.15, 0.2) is 65.7 Å². The van der Waals surface area contributed by atoms with Gasteiger partial charge in [-0.25, -0.2) is 14.4 Å². The summed E-state index contributed by atoms with van der Waals surface area (Å²) in [6.07, 6.45) is -1.46. The van der Waals surface area contributed by atoms with Gasteiger partial charge >= 0.3 is 24.1 Å². The van der Waals surface area contributed by atoms with Gasteiger partial charge in [0.25, 0.3) is 0 Å². The highest BCUT2D eigenvalue weighted by molar-refractivity contribution is 6.31. The van der Waals surface area contributed by atoms with Crippen LogP contribution in [0.4, 0.5) is 15.3 Å². The van der Waals surface area contributed by atoms with Gasteiger partial charge < -0.3 is 29.2 Å². The number of aliphatic imine (C=N–C) groups is 1. The summed E-state index contributed by atoms with van der Waals surface area (Å²) in [4.78, 5) is 69.8. The van der Waals surface area contributed by atoms with Gasteiger partial charge in [-0.2, -0.15) is 0 Å². The van der Waals surface area contributed by atoms with Gasteiger partial charge in [0.05, 0.1) is 5.56 Å². The fourth-order valence-corrected chi connectivity index (χ4v) is 5.87. The SMILES string of the molecule is Cc1ccc(CN(CC(=O)OC(C)(C)C)C(=O)CCc2ccc(OC(=O)c3ccc(N/C(=N\C(=O)OC(C)(C)C)NC(=O)OC(C)(C)C)cc3)cc2Cl)cc1C(C)(C)C. The molecule has 3 aromatic rings. The highest BCUT2D eigenvalue weighted by atomic mass is 35.5. The molecule has 3 aromatic carbocycles. The Morgan fingerprint density at radius 1 is 0.746 bits per heavy atom. The first-order valence-electron chi connectivity index (χ1n) is 19.4. The molecule has 59 heavy (non-hydrogen) atoms. The normalized spacial score (nSPS) is 12.3. The Kier molecular flexibility index (Phi) is 15.9.